The number of hydrogen-bond acceptors (Lipinski definition) is 3. The molecule has 1 aliphatic heterocycles. The fourth-order valence-electron chi connectivity index (χ4n) is 2.32. The molecule has 1 N–H and O–H groups in total. The molecule has 2 rings (SSSR count). The average molecular weight is 393 g/mol. The van der Waals surface area contributed by atoms with E-state index in [1.54, 1.807) is 6.07 Å². The summed E-state index contributed by atoms with van der Waals surface area (Å²) in [6.07, 6.45) is -3.96. The molecular formula is C15H16BrF3N2O2. The number of benzene rings is 1. The van der Waals surface area contributed by atoms with E-state index in [2.05, 4.69) is 21.0 Å². The normalized spacial score (nSPS) is 21.5. The Morgan fingerprint density at radius 3 is 2.74 bits per heavy atom. The number of alkyl halides is 3. The third-order valence-corrected chi connectivity index (χ3v) is 4.07. The van der Waals surface area contributed by atoms with Crippen LogP contribution < -0.4 is 0 Å². The monoisotopic (exact) mass is 392 g/mol. The van der Waals surface area contributed by atoms with Crippen molar-refractivity contribution in [3.63, 3.8) is 0 Å². The van der Waals surface area contributed by atoms with Gasteiger partial charge in [-0.15, -0.1) is 0 Å². The predicted molar refractivity (Wildman–Crippen MR) is 82.9 cm³/mol. The highest BCUT2D eigenvalue weighted by Crippen LogP contribution is 2.41. The van der Waals surface area contributed by atoms with Gasteiger partial charge in [-0.05, 0) is 31.0 Å². The first-order valence-electron chi connectivity index (χ1n) is 7.14. The first-order chi connectivity index (χ1) is 10.7. The smallest absolute Gasteiger partial charge is 0.362 e. The highest BCUT2D eigenvalue weighted by Gasteiger charge is 2.63. The molecule has 23 heavy (non-hydrogen) atoms. The van der Waals surface area contributed by atoms with Crippen molar-refractivity contribution in [2.45, 2.75) is 44.5 Å². The van der Waals surface area contributed by atoms with Crippen molar-refractivity contribution < 1.29 is 23.1 Å². The highest BCUT2D eigenvalue weighted by atomic mass is 79.9. The Morgan fingerprint density at radius 2 is 2.17 bits per heavy atom. The lowest BCUT2D eigenvalue weighted by molar-refractivity contribution is -0.297. The quantitative estimate of drug-likeness (QED) is 0.838. The van der Waals surface area contributed by atoms with Gasteiger partial charge in [-0.1, -0.05) is 35.3 Å². The third-order valence-electron chi connectivity index (χ3n) is 3.58. The molecule has 1 amide bonds. The van der Waals surface area contributed by atoms with E-state index < -0.39 is 24.2 Å². The molecule has 0 saturated carbocycles. The van der Waals surface area contributed by atoms with Crippen LogP contribution in [0, 0.1) is 0 Å². The lowest BCUT2D eigenvalue weighted by Gasteiger charge is -2.32. The minimum Gasteiger partial charge on any atom is -0.362 e. The molecule has 1 aromatic carbocycles. The number of nitrogens with zero attached hydrogens (tertiary/aromatic N) is 2. The molecule has 0 spiro atoms. The zero-order valence-electron chi connectivity index (χ0n) is 12.4. The summed E-state index contributed by atoms with van der Waals surface area (Å²) in [6.45, 7) is 1.90. The standard InChI is InChI=1S/C15H16BrF3N2O2/c1-2-3-7-12-9-14(23,15(17,18)19)21(20-12)13(22)10-5-4-6-11(16)8-10/h4-6,8,23H,2-3,7,9H2,1H3/t14-/m0/s1. The van der Waals surface area contributed by atoms with Gasteiger partial charge >= 0.3 is 6.18 Å². The molecule has 1 aliphatic rings. The van der Waals surface area contributed by atoms with Gasteiger partial charge in [0.1, 0.15) is 0 Å². The van der Waals surface area contributed by atoms with Gasteiger partial charge in [0.15, 0.2) is 0 Å². The molecule has 1 heterocycles. The largest absolute Gasteiger partial charge is 0.438 e. The molecule has 4 nitrogen and oxygen atoms in total. The molecule has 8 heteroatoms. The van der Waals surface area contributed by atoms with Crippen molar-refractivity contribution >= 4 is 27.5 Å². The molecule has 0 saturated heterocycles. The Labute approximate surface area is 140 Å². The summed E-state index contributed by atoms with van der Waals surface area (Å²) in [4.78, 5) is 12.4. The molecule has 1 atom stereocenters. The van der Waals surface area contributed by atoms with Crippen LogP contribution in [0.25, 0.3) is 0 Å². The van der Waals surface area contributed by atoms with Crippen LogP contribution in [0.1, 0.15) is 43.0 Å². The van der Waals surface area contributed by atoms with E-state index in [0.29, 0.717) is 17.3 Å². The summed E-state index contributed by atoms with van der Waals surface area (Å²) in [6, 6.07) is 5.94. The SMILES string of the molecule is CCCCC1=NN(C(=O)c2cccc(Br)c2)[C@@](O)(C(F)(F)F)C1. The molecule has 0 radical (unpaired) electrons. The van der Waals surface area contributed by atoms with Gasteiger partial charge in [0.2, 0.25) is 0 Å². The van der Waals surface area contributed by atoms with E-state index in [4.69, 9.17) is 0 Å². The van der Waals surface area contributed by atoms with Crippen molar-refractivity contribution in [1.82, 2.24) is 5.01 Å². The Hall–Kier alpha value is -1.41. The number of halogens is 4. The third kappa shape index (κ3) is 3.58. The van der Waals surface area contributed by atoms with E-state index in [1.165, 1.54) is 18.2 Å². The maximum atomic E-state index is 13.3. The summed E-state index contributed by atoms with van der Waals surface area (Å²) in [5.41, 5.74) is -3.10. The number of carbonyl (C=O) groups excluding carboxylic acids is 1. The van der Waals surface area contributed by atoms with Crippen LogP contribution in [0.15, 0.2) is 33.8 Å². The van der Waals surface area contributed by atoms with Crippen molar-refractivity contribution in [1.29, 1.82) is 0 Å². The zero-order valence-corrected chi connectivity index (χ0v) is 14.0. The number of unbranched alkanes of at least 4 members (excludes halogenated alkanes) is 1. The molecule has 126 valence electrons. The van der Waals surface area contributed by atoms with Crippen molar-refractivity contribution in [3.8, 4) is 0 Å². The van der Waals surface area contributed by atoms with Gasteiger partial charge in [0.25, 0.3) is 11.6 Å². The minimum absolute atomic E-state index is 0.0162. The number of rotatable bonds is 4. The van der Waals surface area contributed by atoms with Gasteiger partial charge in [-0.3, -0.25) is 4.79 Å². The van der Waals surface area contributed by atoms with Crippen LogP contribution in [-0.4, -0.2) is 33.6 Å². The van der Waals surface area contributed by atoms with Crippen LogP contribution >= 0.6 is 15.9 Å². The fourth-order valence-corrected chi connectivity index (χ4v) is 2.71. The minimum atomic E-state index is -4.99. The molecule has 0 fully saturated rings. The molecule has 0 bridgehead atoms. The van der Waals surface area contributed by atoms with E-state index in [1.807, 2.05) is 6.92 Å². The second-order valence-corrected chi connectivity index (χ2v) is 6.30. The maximum Gasteiger partial charge on any atom is 0.438 e. The summed E-state index contributed by atoms with van der Waals surface area (Å²) in [7, 11) is 0. The van der Waals surface area contributed by atoms with Crippen molar-refractivity contribution in [3.05, 3.63) is 34.3 Å². The average Bonchev–Trinajstić information content (AvgIpc) is 2.82. The molecule has 0 unspecified atom stereocenters. The zero-order chi connectivity index (χ0) is 17.3. The van der Waals surface area contributed by atoms with Gasteiger partial charge < -0.3 is 5.11 Å². The van der Waals surface area contributed by atoms with E-state index in [-0.39, 0.29) is 16.3 Å². The van der Waals surface area contributed by atoms with E-state index in [0.717, 1.165) is 6.42 Å². The first-order valence-corrected chi connectivity index (χ1v) is 7.94. The number of hydrogen-bond donors (Lipinski definition) is 1. The van der Waals surface area contributed by atoms with Crippen LogP contribution in [0.4, 0.5) is 13.2 Å². The van der Waals surface area contributed by atoms with Crippen LogP contribution in [-0.2, 0) is 0 Å². The van der Waals surface area contributed by atoms with Crippen molar-refractivity contribution in [2.75, 3.05) is 0 Å². The number of hydrazone groups is 1. The van der Waals surface area contributed by atoms with Gasteiger partial charge in [0, 0.05) is 22.2 Å². The van der Waals surface area contributed by atoms with Gasteiger partial charge in [-0.25, -0.2) is 0 Å². The Morgan fingerprint density at radius 1 is 1.48 bits per heavy atom. The van der Waals surface area contributed by atoms with Gasteiger partial charge in [0.05, 0.1) is 0 Å². The second-order valence-electron chi connectivity index (χ2n) is 5.39. The van der Waals surface area contributed by atoms with Crippen LogP contribution in [0.5, 0.6) is 0 Å². The number of aliphatic hydroxyl groups is 1. The Bertz CT molecular complexity index is 633. The van der Waals surface area contributed by atoms with Gasteiger partial charge in [-0.2, -0.15) is 23.3 Å². The fraction of sp³-hybridized carbons (Fsp3) is 0.467. The maximum absolute atomic E-state index is 13.3. The van der Waals surface area contributed by atoms with Crippen LogP contribution in [0.3, 0.4) is 0 Å². The number of amides is 1. The molecule has 0 aromatic heterocycles. The lowest BCUT2D eigenvalue weighted by atomic mass is 10.0. The summed E-state index contributed by atoms with van der Waals surface area (Å²) >= 11 is 3.16. The summed E-state index contributed by atoms with van der Waals surface area (Å²) in [5.74, 6) is -0.988. The summed E-state index contributed by atoms with van der Waals surface area (Å²) < 4.78 is 40.5. The summed E-state index contributed by atoms with van der Waals surface area (Å²) in [5, 5.41) is 14.0. The first kappa shape index (κ1) is 17.9. The molecule has 0 aliphatic carbocycles. The van der Waals surface area contributed by atoms with Crippen LogP contribution in [0.2, 0.25) is 0 Å². The molecular weight excluding hydrogens is 377 g/mol. The highest BCUT2D eigenvalue weighted by molar-refractivity contribution is 9.10. The van der Waals surface area contributed by atoms with E-state index >= 15 is 0 Å². The second kappa shape index (κ2) is 6.60. The van der Waals surface area contributed by atoms with Crippen molar-refractivity contribution in [2.24, 2.45) is 5.10 Å². The number of carbonyl (C=O) groups is 1. The van der Waals surface area contributed by atoms with E-state index in [9.17, 15) is 23.1 Å². The predicted octanol–water partition coefficient (Wildman–Crippen LogP) is 4.09. The lowest BCUT2D eigenvalue weighted by Crippen LogP contribution is -2.56. The topological polar surface area (TPSA) is 52.9 Å². The molecule has 1 aromatic rings. The Kier molecular flexibility index (Phi) is 5.15. The Balaban J connectivity index is 2.37.